The van der Waals surface area contributed by atoms with Crippen LogP contribution in [0.5, 0.6) is 0 Å². The Morgan fingerprint density at radius 1 is 1.20 bits per heavy atom. The van der Waals surface area contributed by atoms with Gasteiger partial charge in [0.2, 0.25) is 0 Å². The van der Waals surface area contributed by atoms with Crippen LogP contribution in [0.2, 0.25) is 0 Å². The van der Waals surface area contributed by atoms with Gasteiger partial charge in [0, 0.05) is 43.8 Å². The number of rotatable bonds is 3. The van der Waals surface area contributed by atoms with Crippen LogP contribution in [0.1, 0.15) is 30.1 Å². The van der Waals surface area contributed by atoms with Crippen molar-refractivity contribution >= 4 is 15.9 Å². The van der Waals surface area contributed by atoms with Crippen molar-refractivity contribution in [1.29, 1.82) is 0 Å². The Bertz CT molecular complexity index is 544. The molecule has 1 fully saturated rings. The zero-order valence-electron chi connectivity index (χ0n) is 11.2. The Morgan fingerprint density at radius 3 is 2.70 bits per heavy atom. The largest absolute Gasteiger partial charge is 0.298 e. The lowest BCUT2D eigenvalue weighted by molar-refractivity contribution is 0.196. The molecular formula is C15H17BrN4. The second kappa shape index (κ2) is 6.41. The molecule has 1 aliphatic rings. The molecule has 0 saturated carbocycles. The third-order valence-corrected chi connectivity index (χ3v) is 4.08. The number of pyridine rings is 1. The number of nitrogens with zero attached hydrogens (tertiary/aromatic N) is 4. The summed E-state index contributed by atoms with van der Waals surface area (Å²) in [6.07, 6.45) is 9.77. The molecule has 0 amide bonds. The molecule has 0 aromatic carbocycles. The second-order valence-corrected chi connectivity index (χ2v) is 6.10. The van der Waals surface area contributed by atoms with Crippen LogP contribution in [0.4, 0.5) is 0 Å². The number of piperidine rings is 1. The van der Waals surface area contributed by atoms with Gasteiger partial charge in [-0.3, -0.25) is 9.88 Å². The summed E-state index contributed by atoms with van der Waals surface area (Å²) in [5, 5.41) is 0. The first kappa shape index (κ1) is 13.6. The molecule has 20 heavy (non-hydrogen) atoms. The van der Waals surface area contributed by atoms with E-state index in [1.807, 2.05) is 24.8 Å². The van der Waals surface area contributed by atoms with E-state index in [2.05, 4.69) is 47.9 Å². The molecule has 5 heteroatoms. The van der Waals surface area contributed by atoms with Crippen molar-refractivity contribution in [1.82, 2.24) is 19.9 Å². The average Bonchev–Trinajstić information content (AvgIpc) is 2.49. The van der Waals surface area contributed by atoms with Gasteiger partial charge in [-0.25, -0.2) is 9.97 Å². The van der Waals surface area contributed by atoms with Crippen molar-refractivity contribution in [3.63, 3.8) is 0 Å². The number of halogens is 1. The predicted octanol–water partition coefficient (Wildman–Crippen LogP) is 3.01. The van der Waals surface area contributed by atoms with Crippen LogP contribution >= 0.6 is 15.9 Å². The van der Waals surface area contributed by atoms with E-state index in [4.69, 9.17) is 0 Å². The monoisotopic (exact) mass is 332 g/mol. The molecule has 0 spiro atoms. The van der Waals surface area contributed by atoms with Crippen molar-refractivity contribution in [2.24, 2.45) is 0 Å². The lowest BCUT2D eigenvalue weighted by Gasteiger charge is -2.31. The Labute approximate surface area is 127 Å². The highest BCUT2D eigenvalue weighted by molar-refractivity contribution is 9.10. The maximum atomic E-state index is 4.45. The van der Waals surface area contributed by atoms with Gasteiger partial charge in [0.1, 0.15) is 5.82 Å². The zero-order valence-corrected chi connectivity index (χ0v) is 12.8. The standard InChI is InChI=1S/C15H17BrN4/c16-14-8-18-15(19-9-14)13-2-1-7-20(11-13)10-12-3-5-17-6-4-12/h3-6,8-9,13H,1-2,7,10-11H2. The van der Waals surface area contributed by atoms with Crippen molar-refractivity contribution in [2.45, 2.75) is 25.3 Å². The van der Waals surface area contributed by atoms with Gasteiger partial charge < -0.3 is 0 Å². The van der Waals surface area contributed by atoms with Crippen LogP contribution in [0.25, 0.3) is 0 Å². The van der Waals surface area contributed by atoms with Gasteiger partial charge >= 0.3 is 0 Å². The van der Waals surface area contributed by atoms with Crippen molar-refractivity contribution in [3.05, 3.63) is 52.8 Å². The lowest BCUT2D eigenvalue weighted by atomic mass is 9.97. The van der Waals surface area contributed by atoms with E-state index in [1.54, 1.807) is 0 Å². The Kier molecular flexibility index (Phi) is 4.38. The van der Waals surface area contributed by atoms with Crippen LogP contribution in [0.3, 0.4) is 0 Å². The highest BCUT2D eigenvalue weighted by Crippen LogP contribution is 2.25. The third kappa shape index (κ3) is 3.41. The Balaban J connectivity index is 1.66. The van der Waals surface area contributed by atoms with Gasteiger partial charge in [0.25, 0.3) is 0 Å². The fourth-order valence-electron chi connectivity index (χ4n) is 2.69. The minimum absolute atomic E-state index is 0.443. The van der Waals surface area contributed by atoms with E-state index in [0.29, 0.717) is 5.92 Å². The topological polar surface area (TPSA) is 41.9 Å². The van der Waals surface area contributed by atoms with Crippen molar-refractivity contribution in [2.75, 3.05) is 13.1 Å². The van der Waals surface area contributed by atoms with Crippen LogP contribution in [-0.4, -0.2) is 32.9 Å². The molecule has 1 atom stereocenters. The first-order valence-electron chi connectivity index (χ1n) is 6.90. The smallest absolute Gasteiger partial charge is 0.132 e. The van der Waals surface area contributed by atoms with E-state index in [-0.39, 0.29) is 0 Å². The summed E-state index contributed by atoms with van der Waals surface area (Å²) in [6, 6.07) is 4.17. The lowest BCUT2D eigenvalue weighted by Crippen LogP contribution is -2.34. The Morgan fingerprint density at radius 2 is 1.95 bits per heavy atom. The summed E-state index contributed by atoms with van der Waals surface area (Å²) in [6.45, 7) is 3.16. The molecule has 0 aliphatic carbocycles. The molecule has 1 unspecified atom stereocenters. The maximum Gasteiger partial charge on any atom is 0.132 e. The summed E-state index contributed by atoms with van der Waals surface area (Å²) in [4.78, 5) is 15.4. The van der Waals surface area contributed by atoms with E-state index in [0.717, 1.165) is 29.9 Å². The molecule has 1 aliphatic heterocycles. The highest BCUT2D eigenvalue weighted by atomic mass is 79.9. The SMILES string of the molecule is Brc1cnc(C2CCCN(Cc3ccncc3)C2)nc1. The normalized spacial score (nSPS) is 19.9. The summed E-state index contributed by atoms with van der Waals surface area (Å²) >= 11 is 3.38. The second-order valence-electron chi connectivity index (χ2n) is 5.19. The summed E-state index contributed by atoms with van der Waals surface area (Å²) in [5.41, 5.74) is 1.32. The zero-order chi connectivity index (χ0) is 13.8. The number of aromatic nitrogens is 3. The maximum absolute atomic E-state index is 4.45. The Hall–Kier alpha value is -1.33. The molecule has 104 valence electrons. The molecule has 1 saturated heterocycles. The van der Waals surface area contributed by atoms with Gasteiger partial charge in [-0.2, -0.15) is 0 Å². The van der Waals surface area contributed by atoms with Gasteiger partial charge in [0.15, 0.2) is 0 Å². The van der Waals surface area contributed by atoms with Crippen molar-refractivity contribution < 1.29 is 0 Å². The van der Waals surface area contributed by atoms with Crippen LogP contribution < -0.4 is 0 Å². The van der Waals surface area contributed by atoms with Gasteiger partial charge in [0.05, 0.1) is 4.47 Å². The molecular weight excluding hydrogens is 316 g/mol. The molecule has 0 bridgehead atoms. The van der Waals surface area contributed by atoms with E-state index in [9.17, 15) is 0 Å². The van der Waals surface area contributed by atoms with E-state index >= 15 is 0 Å². The number of hydrogen-bond acceptors (Lipinski definition) is 4. The fraction of sp³-hybridized carbons (Fsp3) is 0.400. The average molecular weight is 333 g/mol. The van der Waals surface area contributed by atoms with E-state index < -0.39 is 0 Å². The fourth-order valence-corrected chi connectivity index (χ4v) is 2.89. The summed E-state index contributed by atoms with van der Waals surface area (Å²) in [5.74, 6) is 1.41. The van der Waals surface area contributed by atoms with Gasteiger partial charge in [-0.1, -0.05) is 0 Å². The summed E-state index contributed by atoms with van der Waals surface area (Å²) < 4.78 is 0.936. The van der Waals surface area contributed by atoms with Crippen molar-refractivity contribution in [3.8, 4) is 0 Å². The van der Waals surface area contributed by atoms with E-state index in [1.165, 1.54) is 18.4 Å². The van der Waals surface area contributed by atoms with Crippen LogP contribution in [0.15, 0.2) is 41.4 Å². The first-order valence-corrected chi connectivity index (χ1v) is 7.69. The molecule has 3 rings (SSSR count). The van der Waals surface area contributed by atoms with Crippen LogP contribution in [0, 0.1) is 0 Å². The molecule has 0 N–H and O–H groups in total. The molecule has 2 aromatic rings. The van der Waals surface area contributed by atoms with Crippen LogP contribution in [-0.2, 0) is 6.54 Å². The van der Waals surface area contributed by atoms with Gasteiger partial charge in [-0.15, -0.1) is 0 Å². The summed E-state index contributed by atoms with van der Waals surface area (Å²) in [7, 11) is 0. The molecule has 3 heterocycles. The molecule has 2 aromatic heterocycles. The molecule has 0 radical (unpaired) electrons. The minimum atomic E-state index is 0.443. The quantitative estimate of drug-likeness (QED) is 0.866. The number of likely N-dealkylation sites (tertiary alicyclic amines) is 1. The highest BCUT2D eigenvalue weighted by Gasteiger charge is 2.23. The minimum Gasteiger partial charge on any atom is -0.298 e. The number of hydrogen-bond donors (Lipinski definition) is 0. The third-order valence-electron chi connectivity index (χ3n) is 3.67. The predicted molar refractivity (Wildman–Crippen MR) is 81.2 cm³/mol. The molecule has 4 nitrogen and oxygen atoms in total. The van der Waals surface area contributed by atoms with Gasteiger partial charge in [-0.05, 0) is 53.0 Å². The first-order chi connectivity index (χ1) is 9.81.